The predicted octanol–water partition coefficient (Wildman–Crippen LogP) is 13.9. The van der Waals surface area contributed by atoms with Crippen molar-refractivity contribution in [3.8, 4) is 33.6 Å². The number of nitrogens with zero attached hydrogens (tertiary/aromatic N) is 2. The van der Waals surface area contributed by atoms with E-state index in [0.29, 0.717) is 5.92 Å². The lowest BCUT2D eigenvalue weighted by Crippen LogP contribution is -1.97. The van der Waals surface area contributed by atoms with Crippen molar-refractivity contribution in [2.75, 3.05) is 0 Å². The van der Waals surface area contributed by atoms with Gasteiger partial charge < -0.3 is 9.13 Å². The maximum absolute atomic E-state index is 2.44. The first kappa shape index (κ1) is 29.6. The molecule has 246 valence electrons. The van der Waals surface area contributed by atoms with Crippen molar-refractivity contribution < 1.29 is 0 Å². The molecule has 0 aliphatic heterocycles. The van der Waals surface area contributed by atoms with Crippen molar-refractivity contribution in [1.29, 1.82) is 0 Å². The maximum atomic E-state index is 2.44. The summed E-state index contributed by atoms with van der Waals surface area (Å²) in [5.41, 5.74) is 13.8. The second-order valence-electron chi connectivity index (χ2n) is 14.1. The Bertz CT molecular complexity index is 3040. The fraction of sp³-hybridized carbons (Fsp3) is 0.0612. The Balaban J connectivity index is 1.06. The molecule has 0 saturated heterocycles. The Morgan fingerprint density at radius 1 is 0.500 bits per heavy atom. The molecule has 0 saturated carbocycles. The highest BCUT2D eigenvalue weighted by molar-refractivity contribution is 7.20. The third-order valence-corrected chi connectivity index (χ3v) is 12.3. The van der Waals surface area contributed by atoms with Crippen LogP contribution in [-0.2, 0) is 0 Å². The van der Waals surface area contributed by atoms with Crippen LogP contribution < -0.4 is 0 Å². The van der Waals surface area contributed by atoms with Crippen LogP contribution in [0.5, 0.6) is 0 Å². The number of rotatable bonds is 4. The topological polar surface area (TPSA) is 9.86 Å². The van der Waals surface area contributed by atoms with Crippen molar-refractivity contribution in [2.24, 2.45) is 0 Å². The number of aromatic nitrogens is 2. The Morgan fingerprint density at radius 3 is 1.92 bits per heavy atom. The Hall–Kier alpha value is -6.16. The summed E-state index contributed by atoms with van der Waals surface area (Å²) in [6.45, 7) is 2.37. The molecule has 0 amide bonds. The van der Waals surface area contributed by atoms with Crippen molar-refractivity contribution >= 4 is 71.1 Å². The smallest absolute Gasteiger partial charge is 0.0547 e. The second kappa shape index (κ2) is 11.4. The zero-order chi connectivity index (χ0) is 34.3. The van der Waals surface area contributed by atoms with E-state index < -0.39 is 0 Å². The minimum atomic E-state index is 0.532. The highest BCUT2D eigenvalue weighted by Gasteiger charge is 2.22. The van der Waals surface area contributed by atoms with Gasteiger partial charge in [0.25, 0.3) is 0 Å². The van der Waals surface area contributed by atoms with Gasteiger partial charge in [-0.25, -0.2) is 0 Å². The van der Waals surface area contributed by atoms with E-state index in [1.807, 2.05) is 11.3 Å². The Kier molecular flexibility index (Phi) is 6.50. The largest absolute Gasteiger partial charge is 0.309 e. The van der Waals surface area contributed by atoms with Gasteiger partial charge in [0.1, 0.15) is 0 Å². The molecule has 0 spiro atoms. The average molecular weight is 683 g/mol. The summed E-state index contributed by atoms with van der Waals surface area (Å²) in [6, 6.07) is 58.2. The van der Waals surface area contributed by atoms with Crippen LogP contribution in [0.1, 0.15) is 29.7 Å². The first-order chi connectivity index (χ1) is 25.7. The molecule has 0 fully saturated rings. The normalized spacial score (nSPS) is 14.3. The molecule has 7 aromatic carbocycles. The molecule has 0 N–H and O–H groups in total. The van der Waals surface area contributed by atoms with Gasteiger partial charge in [0.15, 0.2) is 0 Å². The van der Waals surface area contributed by atoms with Crippen LogP contribution >= 0.6 is 11.3 Å². The number of fused-ring (bicyclic) bond motifs is 9. The number of benzene rings is 7. The molecule has 1 aliphatic carbocycles. The van der Waals surface area contributed by atoms with Crippen LogP contribution in [0.15, 0.2) is 164 Å². The molecule has 0 radical (unpaired) electrons. The van der Waals surface area contributed by atoms with Crippen molar-refractivity contribution in [1.82, 2.24) is 9.13 Å². The van der Waals surface area contributed by atoms with Gasteiger partial charge in [0, 0.05) is 47.9 Å². The Morgan fingerprint density at radius 2 is 1.12 bits per heavy atom. The summed E-state index contributed by atoms with van der Waals surface area (Å²) in [5.74, 6) is 0.532. The number of hydrogen-bond acceptors (Lipinski definition) is 1. The number of hydrogen-bond donors (Lipinski definition) is 0. The van der Waals surface area contributed by atoms with Gasteiger partial charge in [-0.1, -0.05) is 110 Å². The average Bonchev–Trinajstić information content (AvgIpc) is 3.86. The quantitative estimate of drug-likeness (QED) is 0.175. The highest BCUT2D eigenvalue weighted by atomic mass is 32.1. The van der Waals surface area contributed by atoms with E-state index in [9.17, 15) is 0 Å². The lowest BCUT2D eigenvalue weighted by molar-refractivity contribution is 0.783. The summed E-state index contributed by atoms with van der Waals surface area (Å²) in [4.78, 5) is 1.42. The van der Waals surface area contributed by atoms with E-state index in [0.717, 1.165) is 6.42 Å². The summed E-state index contributed by atoms with van der Waals surface area (Å²) in [6.07, 6.45) is 5.76. The van der Waals surface area contributed by atoms with Crippen LogP contribution in [0, 0.1) is 0 Å². The predicted molar refractivity (Wildman–Crippen MR) is 223 cm³/mol. The molecule has 3 heterocycles. The van der Waals surface area contributed by atoms with Gasteiger partial charge in [-0.2, -0.15) is 0 Å². The van der Waals surface area contributed by atoms with Gasteiger partial charge in [-0.3, -0.25) is 0 Å². The number of allylic oxidation sites excluding steroid dienone is 1. The molecular formula is C49H34N2S. The summed E-state index contributed by atoms with van der Waals surface area (Å²) in [5, 5.41) is 6.49. The first-order valence-corrected chi connectivity index (χ1v) is 19.0. The van der Waals surface area contributed by atoms with E-state index in [-0.39, 0.29) is 0 Å². The molecule has 0 bridgehead atoms. The van der Waals surface area contributed by atoms with Gasteiger partial charge in [0.2, 0.25) is 0 Å². The van der Waals surface area contributed by atoms with E-state index >= 15 is 0 Å². The fourth-order valence-corrected chi connectivity index (χ4v) is 10.1. The molecule has 3 aromatic heterocycles. The van der Waals surface area contributed by atoms with E-state index in [1.54, 1.807) is 0 Å². The van der Waals surface area contributed by atoms with Crippen molar-refractivity contribution in [3.05, 3.63) is 174 Å². The van der Waals surface area contributed by atoms with Crippen LogP contribution in [0.25, 0.3) is 93.4 Å². The fourth-order valence-electron chi connectivity index (χ4n) is 8.77. The lowest BCUT2D eigenvalue weighted by atomic mass is 9.88. The standard InChI is InChI=1S/C49H34N2S/c1-31-11-9-19-46-48(31)49-37(16-10-20-47(49)52-46)32-21-25-36(26-22-32)51-42-17-7-5-14-38(42)40-27-23-34(30-45(40)51)33-24-28-44-41(29-33)39-15-6-8-18-43(39)50(44)35-12-3-2-4-13-35/h2-10,12-31H,11H2,1H3. The van der Waals surface area contributed by atoms with Gasteiger partial charge in [-0.05, 0) is 107 Å². The zero-order valence-electron chi connectivity index (χ0n) is 28.8. The highest BCUT2D eigenvalue weighted by Crippen LogP contribution is 2.45. The monoisotopic (exact) mass is 682 g/mol. The van der Waals surface area contributed by atoms with Gasteiger partial charge >= 0.3 is 0 Å². The SMILES string of the molecule is CC1CC=Cc2sc3cccc(-c4ccc(-n5c6ccccc6c6ccc(-c7ccc8c(c7)c7ccccc7n8-c7ccccc7)cc65)cc4)c3c21. The first-order valence-electron chi connectivity index (χ1n) is 18.2. The molecule has 1 unspecified atom stereocenters. The molecule has 10 aromatic rings. The van der Waals surface area contributed by atoms with Crippen LogP contribution in [0.4, 0.5) is 0 Å². The van der Waals surface area contributed by atoms with Gasteiger partial charge in [0.05, 0.1) is 22.1 Å². The van der Waals surface area contributed by atoms with E-state index in [4.69, 9.17) is 0 Å². The number of thiophene rings is 1. The second-order valence-corrected chi connectivity index (χ2v) is 15.2. The van der Waals surface area contributed by atoms with E-state index in [2.05, 4.69) is 186 Å². The molecule has 3 heteroatoms. The third-order valence-electron chi connectivity index (χ3n) is 11.2. The molecular weight excluding hydrogens is 649 g/mol. The van der Waals surface area contributed by atoms with E-state index in [1.165, 1.54) is 97.8 Å². The van der Waals surface area contributed by atoms with Crippen LogP contribution in [-0.4, -0.2) is 9.13 Å². The summed E-state index contributed by atoms with van der Waals surface area (Å²) in [7, 11) is 0. The molecule has 2 nitrogen and oxygen atoms in total. The molecule has 11 rings (SSSR count). The minimum absolute atomic E-state index is 0.532. The van der Waals surface area contributed by atoms with Gasteiger partial charge in [-0.15, -0.1) is 11.3 Å². The minimum Gasteiger partial charge on any atom is -0.309 e. The molecule has 1 aliphatic rings. The van der Waals surface area contributed by atoms with Crippen LogP contribution in [0.2, 0.25) is 0 Å². The Labute approximate surface area is 306 Å². The van der Waals surface area contributed by atoms with Crippen LogP contribution in [0.3, 0.4) is 0 Å². The maximum Gasteiger partial charge on any atom is 0.0547 e. The summed E-state index contributed by atoms with van der Waals surface area (Å²) < 4.78 is 6.20. The van der Waals surface area contributed by atoms with Crippen molar-refractivity contribution in [2.45, 2.75) is 19.3 Å². The number of para-hydroxylation sites is 3. The zero-order valence-corrected chi connectivity index (χ0v) is 29.6. The molecule has 1 atom stereocenters. The van der Waals surface area contributed by atoms with Crippen molar-refractivity contribution in [3.63, 3.8) is 0 Å². The lowest BCUT2D eigenvalue weighted by Gasteiger charge is -2.16. The third kappa shape index (κ3) is 4.36. The summed E-state index contributed by atoms with van der Waals surface area (Å²) >= 11 is 1.92. The molecule has 52 heavy (non-hydrogen) atoms.